The highest BCUT2D eigenvalue weighted by Gasteiger charge is 2.25. The van der Waals surface area contributed by atoms with Crippen LogP contribution in [0, 0.1) is 0 Å². The molecule has 0 aliphatic carbocycles. The minimum Gasteiger partial charge on any atom is -0.350 e. The summed E-state index contributed by atoms with van der Waals surface area (Å²) in [5.41, 5.74) is 8.48. The molecule has 0 aliphatic rings. The van der Waals surface area contributed by atoms with Crippen LogP contribution in [-0.4, -0.2) is 26.1 Å². The Kier molecular flexibility index (Phi) is 6.78. The van der Waals surface area contributed by atoms with E-state index in [-0.39, 0.29) is 23.0 Å². The van der Waals surface area contributed by atoms with Crippen molar-refractivity contribution in [1.29, 1.82) is 0 Å². The largest absolute Gasteiger partial charge is 0.350 e. The molecule has 1 atom stereocenters. The van der Waals surface area contributed by atoms with Crippen molar-refractivity contribution in [1.82, 2.24) is 5.32 Å². The quantitative estimate of drug-likeness (QED) is 0.760. The van der Waals surface area contributed by atoms with E-state index in [4.69, 9.17) is 5.73 Å². The minimum atomic E-state index is -3.55. The standard InChI is InChI=1S/C21H28N2O3S/c1-14(2)16-9-11-17(12-10-16)19(22)13-23-21(24)18-7-5-6-8-20(18)27(25,26)15(3)4/h5-12,14-15,19H,13,22H2,1-4H3,(H,23,24). The van der Waals surface area contributed by atoms with Gasteiger partial charge in [-0.1, -0.05) is 50.2 Å². The van der Waals surface area contributed by atoms with Gasteiger partial charge in [-0.2, -0.15) is 0 Å². The SMILES string of the molecule is CC(C)c1ccc(C(N)CNC(=O)c2ccccc2S(=O)(=O)C(C)C)cc1. The molecule has 2 aromatic rings. The molecule has 5 nitrogen and oxygen atoms in total. The van der Waals surface area contributed by atoms with Crippen molar-refractivity contribution in [3.05, 3.63) is 65.2 Å². The first-order valence-corrected chi connectivity index (χ1v) is 10.7. The fourth-order valence-electron chi connectivity index (χ4n) is 2.70. The summed E-state index contributed by atoms with van der Waals surface area (Å²) in [6.07, 6.45) is 0. The molecule has 0 spiro atoms. The Bertz CT molecular complexity index is 888. The number of carbonyl (C=O) groups is 1. The van der Waals surface area contributed by atoms with Gasteiger partial charge < -0.3 is 11.1 Å². The van der Waals surface area contributed by atoms with Gasteiger partial charge in [-0.15, -0.1) is 0 Å². The second-order valence-corrected chi connectivity index (χ2v) is 9.70. The Morgan fingerprint density at radius 3 is 2.07 bits per heavy atom. The van der Waals surface area contributed by atoms with Gasteiger partial charge in [0, 0.05) is 12.6 Å². The van der Waals surface area contributed by atoms with Gasteiger partial charge in [0.1, 0.15) is 0 Å². The summed E-state index contributed by atoms with van der Waals surface area (Å²) >= 11 is 0. The van der Waals surface area contributed by atoms with Gasteiger partial charge in [0.05, 0.1) is 15.7 Å². The maximum Gasteiger partial charge on any atom is 0.252 e. The predicted molar refractivity (Wildman–Crippen MR) is 109 cm³/mol. The Morgan fingerprint density at radius 1 is 0.963 bits per heavy atom. The molecule has 6 heteroatoms. The molecule has 0 radical (unpaired) electrons. The highest BCUT2D eigenvalue weighted by atomic mass is 32.2. The molecule has 2 aromatic carbocycles. The van der Waals surface area contributed by atoms with Crippen LogP contribution in [0.3, 0.4) is 0 Å². The zero-order valence-corrected chi connectivity index (χ0v) is 17.1. The van der Waals surface area contributed by atoms with E-state index >= 15 is 0 Å². The first kappa shape index (κ1) is 21.1. The molecule has 27 heavy (non-hydrogen) atoms. The van der Waals surface area contributed by atoms with E-state index in [2.05, 4.69) is 19.2 Å². The Morgan fingerprint density at radius 2 is 1.52 bits per heavy atom. The lowest BCUT2D eigenvalue weighted by atomic mass is 9.99. The Labute approximate surface area is 161 Å². The molecular formula is C21H28N2O3S. The summed E-state index contributed by atoms with van der Waals surface area (Å²) in [6, 6.07) is 13.9. The van der Waals surface area contributed by atoms with E-state index in [1.54, 1.807) is 26.0 Å². The Balaban J connectivity index is 2.12. The van der Waals surface area contributed by atoms with E-state index in [0.29, 0.717) is 5.92 Å². The monoisotopic (exact) mass is 388 g/mol. The van der Waals surface area contributed by atoms with Crippen LogP contribution in [0.25, 0.3) is 0 Å². The van der Waals surface area contributed by atoms with Crippen molar-refractivity contribution in [3.63, 3.8) is 0 Å². The summed E-state index contributed by atoms with van der Waals surface area (Å²) in [5.74, 6) is -0.00143. The van der Waals surface area contributed by atoms with E-state index < -0.39 is 21.0 Å². The third-order valence-electron chi connectivity index (χ3n) is 4.57. The first-order chi connectivity index (χ1) is 12.6. The molecule has 2 rings (SSSR count). The molecule has 0 aliphatic heterocycles. The normalized spacial score (nSPS) is 13.0. The number of hydrogen-bond acceptors (Lipinski definition) is 4. The van der Waals surface area contributed by atoms with E-state index in [1.165, 1.54) is 17.7 Å². The van der Waals surface area contributed by atoms with E-state index in [9.17, 15) is 13.2 Å². The Hall–Kier alpha value is -2.18. The third kappa shape index (κ3) is 4.96. The molecule has 1 amide bonds. The summed E-state index contributed by atoms with van der Waals surface area (Å²) < 4.78 is 25.0. The second-order valence-electron chi connectivity index (χ2n) is 7.23. The summed E-state index contributed by atoms with van der Waals surface area (Å²) in [7, 11) is -3.55. The lowest BCUT2D eigenvalue weighted by Crippen LogP contribution is -2.33. The van der Waals surface area contributed by atoms with Crippen LogP contribution in [0.15, 0.2) is 53.4 Å². The fourth-order valence-corrected chi connectivity index (χ4v) is 3.94. The van der Waals surface area contributed by atoms with Crippen molar-refractivity contribution in [2.24, 2.45) is 5.73 Å². The fraction of sp³-hybridized carbons (Fsp3) is 0.381. The number of nitrogens with two attached hydrogens (primary N) is 1. The van der Waals surface area contributed by atoms with Crippen LogP contribution in [0.4, 0.5) is 0 Å². The zero-order valence-electron chi connectivity index (χ0n) is 16.3. The average Bonchev–Trinajstić information content (AvgIpc) is 2.65. The van der Waals surface area contributed by atoms with Crippen LogP contribution >= 0.6 is 0 Å². The number of rotatable bonds is 7. The lowest BCUT2D eigenvalue weighted by Gasteiger charge is -2.16. The maximum absolute atomic E-state index is 12.6. The van der Waals surface area contributed by atoms with Gasteiger partial charge >= 0.3 is 0 Å². The highest BCUT2D eigenvalue weighted by molar-refractivity contribution is 7.92. The van der Waals surface area contributed by atoms with Crippen LogP contribution in [-0.2, 0) is 9.84 Å². The minimum absolute atomic E-state index is 0.0485. The number of nitrogens with one attached hydrogen (secondary N) is 1. The number of sulfone groups is 1. The van der Waals surface area contributed by atoms with Crippen molar-refractivity contribution < 1.29 is 13.2 Å². The topological polar surface area (TPSA) is 89.3 Å². The first-order valence-electron chi connectivity index (χ1n) is 9.11. The van der Waals surface area contributed by atoms with Crippen LogP contribution < -0.4 is 11.1 Å². The summed E-state index contributed by atoms with van der Waals surface area (Å²) in [4.78, 5) is 12.6. The van der Waals surface area contributed by atoms with E-state index in [1.807, 2.05) is 24.3 Å². The van der Waals surface area contributed by atoms with Gasteiger partial charge in [-0.25, -0.2) is 8.42 Å². The summed E-state index contributed by atoms with van der Waals surface area (Å²) in [6.45, 7) is 7.66. The van der Waals surface area contributed by atoms with Crippen molar-refractivity contribution >= 4 is 15.7 Å². The molecule has 0 saturated carbocycles. The lowest BCUT2D eigenvalue weighted by molar-refractivity contribution is 0.0948. The maximum atomic E-state index is 12.6. The third-order valence-corrected chi connectivity index (χ3v) is 6.78. The average molecular weight is 389 g/mol. The van der Waals surface area contributed by atoms with E-state index in [0.717, 1.165) is 5.56 Å². The number of benzene rings is 2. The molecule has 1 unspecified atom stereocenters. The molecule has 0 aromatic heterocycles. The van der Waals surface area contributed by atoms with Crippen LogP contribution in [0.1, 0.15) is 61.1 Å². The van der Waals surface area contributed by atoms with Crippen LogP contribution in [0.5, 0.6) is 0 Å². The number of amides is 1. The summed E-state index contributed by atoms with van der Waals surface area (Å²) in [5, 5.41) is 2.15. The molecule has 0 heterocycles. The molecular weight excluding hydrogens is 360 g/mol. The van der Waals surface area contributed by atoms with Crippen molar-refractivity contribution in [2.45, 2.75) is 49.8 Å². The highest BCUT2D eigenvalue weighted by Crippen LogP contribution is 2.21. The van der Waals surface area contributed by atoms with Gasteiger partial charge in [0.2, 0.25) is 0 Å². The van der Waals surface area contributed by atoms with Gasteiger partial charge in [0.25, 0.3) is 5.91 Å². The number of carbonyl (C=O) groups excluding carboxylic acids is 1. The zero-order chi connectivity index (χ0) is 20.2. The molecule has 0 bridgehead atoms. The molecule has 0 fully saturated rings. The second kappa shape index (κ2) is 8.67. The van der Waals surface area contributed by atoms with Gasteiger partial charge in [0.15, 0.2) is 9.84 Å². The molecule has 3 N–H and O–H groups in total. The van der Waals surface area contributed by atoms with Gasteiger partial charge in [-0.3, -0.25) is 4.79 Å². The predicted octanol–water partition coefficient (Wildman–Crippen LogP) is 3.42. The molecule has 0 saturated heterocycles. The smallest absolute Gasteiger partial charge is 0.252 e. The van der Waals surface area contributed by atoms with Crippen molar-refractivity contribution in [2.75, 3.05) is 6.54 Å². The number of hydrogen-bond donors (Lipinski definition) is 2. The molecule has 146 valence electrons. The van der Waals surface area contributed by atoms with Crippen molar-refractivity contribution in [3.8, 4) is 0 Å². The van der Waals surface area contributed by atoms with Gasteiger partial charge in [-0.05, 0) is 43.0 Å². The van der Waals surface area contributed by atoms with Crippen LogP contribution in [0.2, 0.25) is 0 Å².